The van der Waals surface area contributed by atoms with Crippen LogP contribution >= 0.6 is 0 Å². The molecule has 2 aromatic rings. The fourth-order valence-electron chi connectivity index (χ4n) is 4.16. The molecule has 0 radical (unpaired) electrons. The van der Waals surface area contributed by atoms with Crippen molar-refractivity contribution in [3.05, 3.63) is 36.0 Å². The number of H-pyrrole nitrogens is 1. The van der Waals surface area contributed by atoms with Crippen LogP contribution in [0.1, 0.15) is 18.4 Å². The molecule has 8 heteroatoms. The van der Waals surface area contributed by atoms with Gasteiger partial charge in [0, 0.05) is 69.4 Å². The van der Waals surface area contributed by atoms with Gasteiger partial charge in [-0.3, -0.25) is 10.00 Å². The Morgan fingerprint density at radius 3 is 2.72 bits per heavy atom. The molecule has 1 aromatic carbocycles. The summed E-state index contributed by atoms with van der Waals surface area (Å²) in [5, 5.41) is 10.7. The number of benzene rings is 1. The Morgan fingerprint density at radius 2 is 1.97 bits per heavy atom. The smallest absolute Gasteiger partial charge is 0.119 e. The minimum Gasteiger partial charge on any atom is -0.490 e. The molecule has 1 aliphatic heterocycles. The lowest BCUT2D eigenvalue weighted by molar-refractivity contribution is -0.0696. The van der Waals surface area contributed by atoms with E-state index in [1.807, 2.05) is 25.4 Å². The number of hydrogen-bond acceptors (Lipinski definition) is 7. The Bertz CT molecular complexity index is 800. The third-order valence-electron chi connectivity index (χ3n) is 6.25. The van der Waals surface area contributed by atoms with Crippen LogP contribution in [0.5, 0.6) is 5.75 Å². The molecular weight excluding hydrogens is 406 g/mol. The van der Waals surface area contributed by atoms with E-state index in [1.165, 1.54) is 5.56 Å². The lowest BCUT2D eigenvalue weighted by atomic mass is 9.92. The monoisotopic (exact) mass is 443 g/mol. The van der Waals surface area contributed by atoms with Crippen molar-refractivity contribution in [2.24, 2.45) is 0 Å². The molecule has 0 spiro atoms. The Balaban J connectivity index is 1.19. The van der Waals surface area contributed by atoms with Crippen molar-refractivity contribution in [2.75, 3.05) is 66.6 Å². The average molecular weight is 444 g/mol. The van der Waals surface area contributed by atoms with E-state index in [1.54, 1.807) is 0 Å². The molecule has 4 rings (SSSR count). The van der Waals surface area contributed by atoms with Gasteiger partial charge in [0.15, 0.2) is 0 Å². The number of aromatic amines is 1. The quantitative estimate of drug-likeness (QED) is 0.520. The highest BCUT2D eigenvalue weighted by Crippen LogP contribution is 2.30. The first kappa shape index (κ1) is 23.2. The molecule has 1 saturated carbocycles. The van der Waals surface area contributed by atoms with Gasteiger partial charge in [0.1, 0.15) is 11.9 Å². The van der Waals surface area contributed by atoms with Gasteiger partial charge >= 0.3 is 0 Å². The molecule has 2 aliphatic rings. The normalized spacial score (nSPS) is 21.6. The second kappa shape index (κ2) is 11.8. The van der Waals surface area contributed by atoms with Crippen molar-refractivity contribution < 1.29 is 14.2 Å². The number of aromatic nitrogens is 2. The van der Waals surface area contributed by atoms with Crippen LogP contribution in [0.3, 0.4) is 0 Å². The number of nitrogens with zero attached hydrogens (tertiary/aromatic N) is 3. The Hall–Kier alpha value is -1.97. The highest BCUT2D eigenvalue weighted by atomic mass is 16.5. The molecule has 8 nitrogen and oxygen atoms in total. The van der Waals surface area contributed by atoms with Gasteiger partial charge in [-0.25, -0.2) is 0 Å². The number of nitrogens with one attached hydrogen (secondary N) is 2. The van der Waals surface area contributed by atoms with Gasteiger partial charge in [0.05, 0.1) is 31.6 Å². The summed E-state index contributed by atoms with van der Waals surface area (Å²) in [4.78, 5) is 4.70. The van der Waals surface area contributed by atoms with Gasteiger partial charge in [-0.2, -0.15) is 5.10 Å². The first-order chi connectivity index (χ1) is 15.7. The van der Waals surface area contributed by atoms with Crippen molar-refractivity contribution in [3.8, 4) is 17.0 Å². The second-order valence-corrected chi connectivity index (χ2v) is 8.78. The molecule has 0 amide bonds. The predicted molar refractivity (Wildman–Crippen MR) is 125 cm³/mol. The van der Waals surface area contributed by atoms with E-state index in [2.05, 4.69) is 44.5 Å². The number of rotatable bonds is 12. The first-order valence-corrected chi connectivity index (χ1v) is 11.8. The maximum Gasteiger partial charge on any atom is 0.119 e. The summed E-state index contributed by atoms with van der Waals surface area (Å²) >= 11 is 0. The van der Waals surface area contributed by atoms with Crippen molar-refractivity contribution in [1.82, 2.24) is 25.3 Å². The SMILES string of the molecule is CNCCN(C)Cc1c[nH]nc1-c1ccc(OC2CC(OCCN3CCOCC3)C2)cc1. The Kier molecular flexibility index (Phi) is 8.53. The average Bonchev–Trinajstić information content (AvgIpc) is 3.25. The maximum atomic E-state index is 6.14. The van der Waals surface area contributed by atoms with Crippen LogP contribution in [-0.4, -0.2) is 98.8 Å². The summed E-state index contributed by atoms with van der Waals surface area (Å²) in [5.41, 5.74) is 3.31. The van der Waals surface area contributed by atoms with E-state index in [0.29, 0.717) is 6.10 Å². The molecule has 1 aromatic heterocycles. The van der Waals surface area contributed by atoms with Crippen LogP contribution in [-0.2, 0) is 16.0 Å². The topological polar surface area (TPSA) is 74.9 Å². The minimum absolute atomic E-state index is 0.246. The lowest BCUT2D eigenvalue weighted by Crippen LogP contribution is -2.42. The summed E-state index contributed by atoms with van der Waals surface area (Å²) in [5.74, 6) is 0.911. The number of ether oxygens (including phenoxy) is 3. The third kappa shape index (κ3) is 6.52. The summed E-state index contributed by atoms with van der Waals surface area (Å²) in [6.45, 7) is 8.33. The molecular formula is C24H37N5O3. The number of morpholine rings is 1. The van der Waals surface area contributed by atoms with Gasteiger partial charge in [-0.1, -0.05) is 0 Å². The zero-order valence-corrected chi connectivity index (χ0v) is 19.4. The van der Waals surface area contributed by atoms with E-state index in [-0.39, 0.29) is 6.10 Å². The van der Waals surface area contributed by atoms with E-state index in [0.717, 1.165) is 88.9 Å². The fourth-order valence-corrected chi connectivity index (χ4v) is 4.16. The van der Waals surface area contributed by atoms with Crippen molar-refractivity contribution in [1.29, 1.82) is 0 Å². The van der Waals surface area contributed by atoms with Gasteiger partial charge in [-0.15, -0.1) is 0 Å². The molecule has 0 bridgehead atoms. The maximum absolute atomic E-state index is 6.14. The van der Waals surface area contributed by atoms with E-state index in [9.17, 15) is 0 Å². The van der Waals surface area contributed by atoms with E-state index in [4.69, 9.17) is 14.2 Å². The number of hydrogen-bond donors (Lipinski definition) is 2. The van der Waals surface area contributed by atoms with Crippen LogP contribution in [0.4, 0.5) is 0 Å². The zero-order chi connectivity index (χ0) is 22.2. The van der Waals surface area contributed by atoms with E-state index < -0.39 is 0 Å². The van der Waals surface area contributed by atoms with Crippen LogP contribution < -0.4 is 10.1 Å². The molecule has 1 aliphatic carbocycles. The van der Waals surface area contributed by atoms with Crippen molar-refractivity contribution in [3.63, 3.8) is 0 Å². The van der Waals surface area contributed by atoms with Crippen LogP contribution in [0.2, 0.25) is 0 Å². The van der Waals surface area contributed by atoms with Crippen LogP contribution in [0, 0.1) is 0 Å². The fraction of sp³-hybridized carbons (Fsp3) is 0.625. The highest BCUT2D eigenvalue weighted by Gasteiger charge is 2.31. The Labute approximate surface area is 191 Å². The molecule has 2 heterocycles. The van der Waals surface area contributed by atoms with Crippen molar-refractivity contribution >= 4 is 0 Å². The molecule has 32 heavy (non-hydrogen) atoms. The van der Waals surface area contributed by atoms with Crippen LogP contribution in [0.25, 0.3) is 11.3 Å². The summed E-state index contributed by atoms with van der Waals surface area (Å²) in [6.07, 6.45) is 4.49. The standard InChI is InChI=1S/C24H37N5O3/c1-25-7-8-28(2)18-20-17-26-27-24(20)19-3-5-21(6-4-19)32-23-15-22(16-23)31-14-11-29-9-12-30-13-10-29/h3-6,17,22-23,25H,7-16,18H2,1-2H3,(H,26,27). The Morgan fingerprint density at radius 1 is 1.19 bits per heavy atom. The predicted octanol–water partition coefficient (Wildman–Crippen LogP) is 1.99. The van der Waals surface area contributed by atoms with Crippen molar-refractivity contribution in [2.45, 2.75) is 31.6 Å². The summed E-state index contributed by atoms with van der Waals surface area (Å²) in [6, 6.07) is 8.28. The van der Waals surface area contributed by atoms with Gasteiger partial charge in [0.25, 0.3) is 0 Å². The molecule has 2 N–H and O–H groups in total. The van der Waals surface area contributed by atoms with E-state index >= 15 is 0 Å². The minimum atomic E-state index is 0.246. The first-order valence-electron chi connectivity index (χ1n) is 11.8. The summed E-state index contributed by atoms with van der Waals surface area (Å²) < 4.78 is 17.5. The molecule has 1 saturated heterocycles. The number of likely N-dealkylation sites (N-methyl/N-ethyl adjacent to an activating group) is 2. The second-order valence-electron chi connectivity index (χ2n) is 8.78. The largest absolute Gasteiger partial charge is 0.490 e. The highest BCUT2D eigenvalue weighted by molar-refractivity contribution is 5.63. The summed E-state index contributed by atoms with van der Waals surface area (Å²) in [7, 11) is 4.10. The molecule has 0 unspecified atom stereocenters. The lowest BCUT2D eigenvalue weighted by Gasteiger charge is -2.36. The molecule has 2 fully saturated rings. The van der Waals surface area contributed by atoms with Gasteiger partial charge in [0.2, 0.25) is 0 Å². The molecule has 0 atom stereocenters. The third-order valence-corrected chi connectivity index (χ3v) is 6.25. The zero-order valence-electron chi connectivity index (χ0n) is 19.4. The van der Waals surface area contributed by atoms with Crippen LogP contribution in [0.15, 0.2) is 30.5 Å². The van der Waals surface area contributed by atoms with Gasteiger partial charge < -0.3 is 24.4 Å². The molecule has 176 valence electrons. The van der Waals surface area contributed by atoms with Gasteiger partial charge in [-0.05, 0) is 38.4 Å².